The van der Waals surface area contributed by atoms with Gasteiger partial charge in [-0.05, 0) is 44.2 Å². The average Bonchev–Trinajstić information content (AvgIpc) is 3.04. The quantitative estimate of drug-likeness (QED) is 0.452. The zero-order valence-electron chi connectivity index (χ0n) is 16.9. The number of benzene rings is 2. The van der Waals surface area contributed by atoms with Crippen molar-refractivity contribution in [2.45, 2.75) is 18.7 Å². The number of aromatic hydroxyl groups is 1. The van der Waals surface area contributed by atoms with Crippen molar-refractivity contribution in [1.29, 1.82) is 0 Å². The summed E-state index contributed by atoms with van der Waals surface area (Å²) >= 11 is 0. The normalized spacial score (nSPS) is 12.1. The Morgan fingerprint density at radius 1 is 1.13 bits per heavy atom. The van der Waals surface area contributed by atoms with E-state index < -0.39 is 10.0 Å². The van der Waals surface area contributed by atoms with E-state index in [0.717, 1.165) is 11.4 Å². The molecule has 0 aliphatic heterocycles. The van der Waals surface area contributed by atoms with Crippen LogP contribution < -0.4 is 15.2 Å². The summed E-state index contributed by atoms with van der Waals surface area (Å²) in [5.74, 6) is -0.478. The molecule has 0 amide bonds. The smallest absolute Gasteiger partial charge is 0.291 e. The zero-order chi connectivity index (χ0) is 22.1. The Morgan fingerprint density at radius 2 is 1.77 bits per heavy atom. The second-order valence-electron chi connectivity index (χ2n) is 6.48. The van der Waals surface area contributed by atoms with Crippen LogP contribution in [-0.2, 0) is 10.0 Å². The molecule has 0 spiro atoms. The molecule has 10 heteroatoms. The van der Waals surface area contributed by atoms with Gasteiger partial charge in [-0.3, -0.25) is 0 Å². The number of phenolic OH excluding ortho intramolecular Hbond substituents is 1. The summed E-state index contributed by atoms with van der Waals surface area (Å²) in [6, 6.07) is 11.0. The van der Waals surface area contributed by atoms with Gasteiger partial charge in [-0.25, -0.2) is 4.68 Å². The van der Waals surface area contributed by atoms with Crippen molar-refractivity contribution in [3.05, 3.63) is 59.4 Å². The predicted octanol–water partition coefficient (Wildman–Crippen LogP) is 2.55. The molecule has 3 aromatic rings. The highest BCUT2D eigenvalue weighted by atomic mass is 32.2. The first kappa shape index (κ1) is 21.2. The Balaban J connectivity index is 0.00000341. The topological polar surface area (TPSA) is 129 Å². The summed E-state index contributed by atoms with van der Waals surface area (Å²) in [6.45, 7) is 3.74. The second kappa shape index (κ2) is 8.07. The van der Waals surface area contributed by atoms with E-state index in [1.807, 2.05) is 19.9 Å². The first-order valence-corrected chi connectivity index (χ1v) is 10.3. The van der Waals surface area contributed by atoms with Crippen molar-refractivity contribution < 1.29 is 24.4 Å². The van der Waals surface area contributed by atoms with Gasteiger partial charge < -0.3 is 20.3 Å². The Kier molecular flexibility index (Phi) is 5.70. The molecule has 30 heavy (non-hydrogen) atoms. The van der Waals surface area contributed by atoms with Crippen LogP contribution in [0.1, 0.15) is 18.4 Å². The molecule has 160 valence electrons. The molecule has 0 aliphatic carbocycles. The lowest BCUT2D eigenvalue weighted by molar-refractivity contribution is 0.373. The van der Waals surface area contributed by atoms with Crippen molar-refractivity contribution in [3.63, 3.8) is 0 Å². The molecule has 0 atom stereocenters. The van der Waals surface area contributed by atoms with Gasteiger partial charge in [0, 0.05) is 13.2 Å². The molecule has 3 N–H and O–H groups in total. The molecule has 0 aliphatic rings. The van der Waals surface area contributed by atoms with Gasteiger partial charge in [0.2, 0.25) is 0 Å². The fourth-order valence-corrected chi connectivity index (χ4v) is 4.31. The zero-order valence-corrected chi connectivity index (χ0v) is 17.8. The van der Waals surface area contributed by atoms with Crippen LogP contribution in [-0.4, -0.2) is 43.4 Å². The number of hydrogen-bond acceptors (Lipinski definition) is 6. The minimum absolute atomic E-state index is 0. The number of nitrogens with two attached hydrogens (primary N) is 1. The minimum Gasteiger partial charge on any atom is -0.507 e. The third kappa shape index (κ3) is 3.94. The van der Waals surface area contributed by atoms with Gasteiger partial charge >= 0.3 is 0 Å². The van der Waals surface area contributed by atoms with Crippen LogP contribution in [0.4, 0.5) is 0 Å². The molecular formula is C20H24N4O5S. The molecular weight excluding hydrogens is 408 g/mol. The summed E-state index contributed by atoms with van der Waals surface area (Å²) in [4.78, 5) is -0.253. The molecule has 2 aromatic carbocycles. The first-order valence-electron chi connectivity index (χ1n) is 8.86. The molecule has 1 aromatic heterocycles. The predicted molar refractivity (Wildman–Crippen MR) is 114 cm³/mol. The van der Waals surface area contributed by atoms with Crippen molar-refractivity contribution >= 4 is 15.9 Å². The second-order valence-corrected chi connectivity index (χ2v) is 8.02. The van der Waals surface area contributed by atoms with Gasteiger partial charge in [-0.1, -0.05) is 6.07 Å². The Morgan fingerprint density at radius 3 is 2.27 bits per heavy atom. The van der Waals surface area contributed by atoms with Crippen molar-refractivity contribution in [2.75, 3.05) is 14.2 Å². The minimum atomic E-state index is -4.29. The average molecular weight is 433 g/mol. The molecule has 0 radical (unpaired) electrons. The molecule has 0 saturated carbocycles. The highest BCUT2D eigenvalue weighted by Gasteiger charge is 2.25. The van der Waals surface area contributed by atoms with Crippen LogP contribution in [0.2, 0.25) is 0 Å². The summed E-state index contributed by atoms with van der Waals surface area (Å²) in [5.41, 5.74) is 8.31. The van der Waals surface area contributed by atoms with Gasteiger partial charge in [-0.15, -0.1) is 4.40 Å². The number of methoxy groups -OCH3 is 2. The molecule has 0 fully saturated rings. The highest BCUT2D eigenvalue weighted by Crippen LogP contribution is 2.34. The largest absolute Gasteiger partial charge is 0.507 e. The maximum absolute atomic E-state index is 12.9. The summed E-state index contributed by atoms with van der Waals surface area (Å²) < 4.78 is 41.4. The van der Waals surface area contributed by atoms with Crippen LogP contribution in [0, 0.1) is 13.8 Å². The van der Waals surface area contributed by atoms with Gasteiger partial charge in [-0.2, -0.15) is 13.5 Å². The van der Waals surface area contributed by atoms with E-state index in [-0.39, 0.29) is 35.0 Å². The fraction of sp³-hybridized carbons (Fsp3) is 0.200. The molecule has 0 unspecified atom stereocenters. The lowest BCUT2D eigenvalue weighted by atomic mass is 10.1. The highest BCUT2D eigenvalue weighted by molar-refractivity contribution is 7.90. The lowest BCUT2D eigenvalue weighted by Gasteiger charge is -2.12. The maximum atomic E-state index is 12.9. The third-order valence-corrected chi connectivity index (χ3v) is 5.73. The van der Waals surface area contributed by atoms with Gasteiger partial charge in [0.1, 0.15) is 23.1 Å². The molecule has 9 nitrogen and oxygen atoms in total. The van der Waals surface area contributed by atoms with Crippen LogP contribution in [0.5, 0.6) is 17.2 Å². The van der Waals surface area contributed by atoms with E-state index in [1.54, 1.807) is 16.8 Å². The number of ether oxygens (including phenoxy) is 2. The number of aromatic nitrogens is 2. The van der Waals surface area contributed by atoms with Crippen molar-refractivity contribution in [3.8, 4) is 22.9 Å². The van der Waals surface area contributed by atoms with E-state index in [0.29, 0.717) is 5.69 Å². The summed E-state index contributed by atoms with van der Waals surface area (Å²) in [6.07, 6.45) is 0. The molecule has 0 saturated heterocycles. The van der Waals surface area contributed by atoms with E-state index in [1.165, 1.54) is 38.5 Å². The monoisotopic (exact) mass is 432 g/mol. The number of sulfonamides is 1. The van der Waals surface area contributed by atoms with Crippen LogP contribution in [0.25, 0.3) is 5.69 Å². The third-order valence-electron chi connectivity index (χ3n) is 4.37. The number of hydrogen-bond donors (Lipinski definition) is 2. The van der Waals surface area contributed by atoms with E-state index in [2.05, 4.69) is 9.50 Å². The van der Waals surface area contributed by atoms with Crippen molar-refractivity contribution in [1.82, 2.24) is 9.78 Å². The number of rotatable bonds is 6. The number of aryl methyl sites for hydroxylation is 2. The van der Waals surface area contributed by atoms with Crippen LogP contribution in [0.3, 0.4) is 0 Å². The summed E-state index contributed by atoms with van der Waals surface area (Å²) in [7, 11) is -1.62. The Hall–Kier alpha value is -3.53. The van der Waals surface area contributed by atoms with Crippen LogP contribution in [0.15, 0.2) is 51.8 Å². The summed E-state index contributed by atoms with van der Waals surface area (Å²) in [5, 5.41) is 14.8. The SMILES string of the molecule is COc1cccc(OC)c1S(=O)(=O)/N=C(\N)c1ccc(-n2nc(C)cc2C)cc1O.[HH]. The van der Waals surface area contributed by atoms with E-state index in [4.69, 9.17) is 15.2 Å². The Labute approximate surface area is 175 Å². The van der Waals surface area contributed by atoms with Gasteiger partial charge in [0.05, 0.1) is 31.2 Å². The first-order chi connectivity index (χ1) is 14.2. The van der Waals surface area contributed by atoms with E-state index in [9.17, 15) is 13.5 Å². The Bertz CT molecular complexity index is 1220. The van der Waals surface area contributed by atoms with Gasteiger partial charge in [0.25, 0.3) is 10.0 Å². The lowest BCUT2D eigenvalue weighted by Crippen LogP contribution is -2.17. The number of phenols is 1. The van der Waals surface area contributed by atoms with Gasteiger partial charge in [0.15, 0.2) is 4.90 Å². The number of amidine groups is 1. The standard InChI is InChI=1S/C20H22N4O5S.H2/c1-12-10-13(2)24(22-12)14-8-9-15(16(25)11-14)20(21)23-30(26,27)19-17(28-3)6-5-7-18(19)29-4;/h5-11,25H,1-4H3,(H2,21,23);1H. The molecule has 0 bridgehead atoms. The maximum Gasteiger partial charge on any atom is 0.291 e. The van der Waals surface area contributed by atoms with Crippen LogP contribution >= 0.6 is 0 Å². The fourth-order valence-electron chi connectivity index (χ4n) is 3.05. The van der Waals surface area contributed by atoms with E-state index >= 15 is 0 Å². The number of nitrogens with zero attached hydrogens (tertiary/aromatic N) is 3. The molecule has 1 heterocycles. The van der Waals surface area contributed by atoms with Crippen molar-refractivity contribution in [2.24, 2.45) is 10.1 Å². The molecule has 3 rings (SSSR count).